The van der Waals surface area contributed by atoms with Gasteiger partial charge in [-0.25, -0.2) is 0 Å². The Balaban J connectivity index is 2.00. The minimum atomic E-state index is 0.698. The normalized spacial score (nSPS) is 11.1. The van der Waals surface area contributed by atoms with E-state index in [0.29, 0.717) is 4.64 Å². The molecule has 2 nitrogen and oxygen atoms in total. The van der Waals surface area contributed by atoms with E-state index < -0.39 is 0 Å². The van der Waals surface area contributed by atoms with Gasteiger partial charge in [0.15, 0.2) is 0 Å². The molecule has 3 rings (SSSR count). The fourth-order valence-electron chi connectivity index (χ4n) is 2.60. The van der Waals surface area contributed by atoms with Crippen LogP contribution in [0.15, 0.2) is 30.3 Å². The molecule has 0 aliphatic rings. The average molecular weight is 314 g/mol. The third-order valence-electron chi connectivity index (χ3n) is 3.66. The first-order valence-corrected chi connectivity index (χ1v) is 8.45. The van der Waals surface area contributed by atoms with Crippen LogP contribution in [0, 0.1) is 11.6 Å². The highest BCUT2D eigenvalue weighted by Crippen LogP contribution is 2.31. The quantitative estimate of drug-likeness (QED) is 0.670. The van der Waals surface area contributed by atoms with E-state index in [4.69, 9.17) is 12.2 Å². The van der Waals surface area contributed by atoms with Crippen molar-refractivity contribution in [2.45, 2.75) is 33.1 Å². The fraction of sp³-hybridized carbons (Fsp3) is 0.294. The Hall–Kier alpha value is -1.52. The predicted molar refractivity (Wildman–Crippen MR) is 92.8 cm³/mol. The lowest BCUT2D eigenvalue weighted by molar-refractivity contribution is 0.931. The number of rotatable bonds is 4. The van der Waals surface area contributed by atoms with Crippen LogP contribution in [-0.4, -0.2) is 10.2 Å². The minimum Gasteiger partial charge on any atom is -0.268 e. The highest BCUT2D eigenvalue weighted by Gasteiger charge is 2.08. The van der Waals surface area contributed by atoms with Crippen LogP contribution in [0.4, 0.5) is 0 Å². The number of thiophene rings is 1. The molecule has 3 aromatic rings. The third kappa shape index (κ3) is 3.06. The summed E-state index contributed by atoms with van der Waals surface area (Å²) in [5.74, 6) is 0. The minimum absolute atomic E-state index is 0.698. The lowest BCUT2D eigenvalue weighted by Crippen LogP contribution is -1.95. The van der Waals surface area contributed by atoms with Gasteiger partial charge in [0.1, 0.15) is 4.64 Å². The van der Waals surface area contributed by atoms with Gasteiger partial charge in [-0.3, -0.25) is 5.10 Å². The van der Waals surface area contributed by atoms with Crippen LogP contribution in [0.5, 0.6) is 0 Å². The number of H-pyrrole nitrogens is 1. The topological polar surface area (TPSA) is 28.7 Å². The third-order valence-corrected chi connectivity index (χ3v) is 5.10. The molecular formula is C17H18N2S2. The van der Waals surface area contributed by atoms with Gasteiger partial charge < -0.3 is 0 Å². The van der Waals surface area contributed by atoms with Gasteiger partial charge in [-0.2, -0.15) is 5.10 Å². The molecule has 0 atom stereocenters. The van der Waals surface area contributed by atoms with Gasteiger partial charge in [-0.1, -0.05) is 43.8 Å². The van der Waals surface area contributed by atoms with E-state index in [1.54, 1.807) is 0 Å². The van der Waals surface area contributed by atoms with Crippen molar-refractivity contribution >= 4 is 33.6 Å². The molecule has 4 heteroatoms. The number of hydrogen-bond acceptors (Lipinski definition) is 3. The fourth-order valence-corrected chi connectivity index (χ4v) is 4.01. The summed E-state index contributed by atoms with van der Waals surface area (Å²) in [5, 5.41) is 8.45. The molecule has 0 fully saturated rings. The van der Waals surface area contributed by atoms with E-state index in [1.807, 2.05) is 24.3 Å². The van der Waals surface area contributed by atoms with Gasteiger partial charge in [0.25, 0.3) is 0 Å². The van der Waals surface area contributed by atoms with Crippen molar-refractivity contribution in [2.24, 2.45) is 0 Å². The second kappa shape index (κ2) is 6.08. The molecule has 108 valence electrons. The molecule has 0 spiro atoms. The second-order valence-corrected chi connectivity index (χ2v) is 6.89. The molecule has 2 aromatic heterocycles. The molecule has 0 bridgehead atoms. The van der Waals surface area contributed by atoms with Gasteiger partial charge in [0.05, 0.1) is 5.69 Å². The van der Waals surface area contributed by atoms with Gasteiger partial charge in [-0.15, -0.1) is 11.3 Å². The van der Waals surface area contributed by atoms with Crippen molar-refractivity contribution < 1.29 is 0 Å². The smallest absolute Gasteiger partial charge is 0.119 e. The maximum absolute atomic E-state index is 5.18. The molecule has 1 N–H and O–H groups in total. The molecule has 0 aliphatic heterocycles. The Morgan fingerprint density at radius 3 is 2.90 bits per heavy atom. The van der Waals surface area contributed by atoms with Gasteiger partial charge >= 0.3 is 0 Å². The highest BCUT2D eigenvalue weighted by atomic mass is 32.1. The van der Waals surface area contributed by atoms with Gasteiger partial charge in [-0.05, 0) is 42.0 Å². The number of benzene rings is 1. The number of hydrogen-bond donors (Lipinski definition) is 1. The molecule has 0 saturated carbocycles. The van der Waals surface area contributed by atoms with Crippen molar-refractivity contribution in [3.05, 3.63) is 56.7 Å². The zero-order valence-electron chi connectivity index (χ0n) is 12.3. The van der Waals surface area contributed by atoms with Crippen LogP contribution in [0.3, 0.4) is 0 Å². The van der Waals surface area contributed by atoms with E-state index in [1.165, 1.54) is 32.5 Å². The number of aryl methyl sites for hydroxylation is 2. The predicted octanol–water partition coefficient (Wildman–Crippen LogP) is 5.21. The van der Waals surface area contributed by atoms with Crippen LogP contribution in [-0.2, 0) is 12.8 Å². The Bertz CT molecular complexity index is 830. The molecular weight excluding hydrogens is 296 g/mol. The number of fused-ring (bicyclic) bond motifs is 1. The number of nitrogens with one attached hydrogen (secondary N) is 1. The van der Waals surface area contributed by atoms with Crippen molar-refractivity contribution in [1.82, 2.24) is 10.2 Å². The van der Waals surface area contributed by atoms with Crippen LogP contribution in [0.2, 0.25) is 0 Å². The van der Waals surface area contributed by atoms with Crippen LogP contribution >= 0.6 is 23.6 Å². The van der Waals surface area contributed by atoms with Crippen molar-refractivity contribution in [2.75, 3.05) is 0 Å². The summed E-state index contributed by atoms with van der Waals surface area (Å²) < 4.78 is 2.13. The zero-order valence-corrected chi connectivity index (χ0v) is 13.9. The summed E-state index contributed by atoms with van der Waals surface area (Å²) in [6.07, 6.45) is 3.24. The van der Waals surface area contributed by atoms with Crippen molar-refractivity contribution in [3.8, 4) is 0 Å². The molecule has 0 unspecified atom stereocenters. The number of aromatic amines is 1. The lowest BCUT2D eigenvalue weighted by Gasteiger charge is -2.02. The summed E-state index contributed by atoms with van der Waals surface area (Å²) in [5.41, 5.74) is 3.70. The standard InChI is InChI=1S/C17H18N2S2/c1-3-5-12-6-4-7-13-8-15(21-17(12)13)9-14-10-16(20)19-18-11(14)2/h4,6-8,10H,3,5,9H2,1-2H3,(H,19,20). The summed E-state index contributed by atoms with van der Waals surface area (Å²) in [6.45, 7) is 4.25. The SMILES string of the molecule is CCCc1cccc2cc(Cc3cc(=S)[nH]nc3C)sc12. The maximum Gasteiger partial charge on any atom is 0.119 e. The first kappa shape index (κ1) is 14.4. The zero-order chi connectivity index (χ0) is 14.8. The molecule has 0 aliphatic carbocycles. The highest BCUT2D eigenvalue weighted by molar-refractivity contribution is 7.71. The van der Waals surface area contributed by atoms with E-state index >= 15 is 0 Å². The lowest BCUT2D eigenvalue weighted by atomic mass is 10.1. The summed E-state index contributed by atoms with van der Waals surface area (Å²) in [4.78, 5) is 1.37. The Labute approximate surface area is 133 Å². The monoisotopic (exact) mass is 314 g/mol. The van der Waals surface area contributed by atoms with Crippen LogP contribution in [0.25, 0.3) is 10.1 Å². The maximum atomic E-state index is 5.18. The summed E-state index contributed by atoms with van der Waals surface area (Å²) in [6, 6.07) is 10.9. The molecule has 1 aromatic carbocycles. The number of aromatic nitrogens is 2. The number of nitrogens with zero attached hydrogens (tertiary/aromatic N) is 1. The van der Waals surface area contributed by atoms with Crippen LogP contribution in [0.1, 0.15) is 35.0 Å². The summed E-state index contributed by atoms with van der Waals surface area (Å²) in [7, 11) is 0. The Morgan fingerprint density at radius 2 is 2.10 bits per heavy atom. The molecule has 0 amide bonds. The largest absolute Gasteiger partial charge is 0.268 e. The van der Waals surface area contributed by atoms with Crippen molar-refractivity contribution in [1.29, 1.82) is 0 Å². The van der Waals surface area contributed by atoms with E-state index in [-0.39, 0.29) is 0 Å². The second-order valence-electron chi connectivity index (χ2n) is 5.32. The Morgan fingerprint density at radius 1 is 1.24 bits per heavy atom. The molecule has 21 heavy (non-hydrogen) atoms. The van der Waals surface area contributed by atoms with E-state index in [9.17, 15) is 0 Å². The first-order chi connectivity index (χ1) is 10.2. The molecule has 0 radical (unpaired) electrons. The van der Waals surface area contributed by atoms with Gasteiger partial charge in [0.2, 0.25) is 0 Å². The van der Waals surface area contributed by atoms with Crippen LogP contribution < -0.4 is 0 Å². The van der Waals surface area contributed by atoms with Gasteiger partial charge in [0, 0.05) is 16.0 Å². The Kier molecular flexibility index (Phi) is 4.17. The molecule has 0 saturated heterocycles. The first-order valence-electron chi connectivity index (χ1n) is 7.23. The van der Waals surface area contributed by atoms with Crippen molar-refractivity contribution in [3.63, 3.8) is 0 Å². The van der Waals surface area contributed by atoms with E-state index in [2.05, 4.69) is 41.4 Å². The summed E-state index contributed by atoms with van der Waals surface area (Å²) >= 11 is 7.08. The average Bonchev–Trinajstić information content (AvgIpc) is 2.87. The van der Waals surface area contributed by atoms with E-state index in [0.717, 1.165) is 18.5 Å². The molecule has 2 heterocycles.